The second kappa shape index (κ2) is 5.84. The average molecular weight is 313 g/mol. The van der Waals surface area contributed by atoms with Crippen molar-refractivity contribution in [3.63, 3.8) is 0 Å². The molecule has 0 saturated carbocycles. The Bertz CT molecular complexity index is 801. The molecule has 0 radical (unpaired) electrons. The van der Waals surface area contributed by atoms with Crippen LogP contribution in [0.1, 0.15) is 64.3 Å². The molecule has 0 aliphatic heterocycles. The molecule has 1 atom stereocenters. The zero-order valence-electron chi connectivity index (χ0n) is 14.2. The minimum absolute atomic E-state index is 0.0709. The van der Waals surface area contributed by atoms with E-state index in [0.29, 0.717) is 12.3 Å². The Morgan fingerprint density at radius 1 is 1.30 bits per heavy atom. The lowest BCUT2D eigenvalue weighted by atomic mass is 9.95. The molecule has 0 spiro atoms. The van der Waals surface area contributed by atoms with E-state index >= 15 is 0 Å². The SMILES string of the molecule is CCCC1Cc2c(c(C)c(C)c3oc(C(=O)NCC)cc23)C1=O. The summed E-state index contributed by atoms with van der Waals surface area (Å²) in [6.07, 6.45) is 2.67. The van der Waals surface area contributed by atoms with E-state index in [1.165, 1.54) is 0 Å². The van der Waals surface area contributed by atoms with Gasteiger partial charge in [-0.25, -0.2) is 0 Å². The lowest BCUT2D eigenvalue weighted by Crippen LogP contribution is -2.21. The Morgan fingerprint density at radius 3 is 2.70 bits per heavy atom. The van der Waals surface area contributed by atoms with Crippen LogP contribution in [0.25, 0.3) is 11.0 Å². The van der Waals surface area contributed by atoms with Crippen LogP contribution in [0.5, 0.6) is 0 Å². The van der Waals surface area contributed by atoms with Gasteiger partial charge in [0.2, 0.25) is 0 Å². The first-order chi connectivity index (χ1) is 11.0. The highest BCUT2D eigenvalue weighted by atomic mass is 16.3. The topological polar surface area (TPSA) is 59.3 Å². The highest BCUT2D eigenvalue weighted by Crippen LogP contribution is 2.40. The van der Waals surface area contributed by atoms with Crippen LogP contribution in [0.2, 0.25) is 0 Å². The number of carbonyl (C=O) groups is 2. The van der Waals surface area contributed by atoms with Crippen LogP contribution in [0.15, 0.2) is 10.5 Å². The average Bonchev–Trinajstić information content (AvgIpc) is 3.09. The van der Waals surface area contributed by atoms with Crippen molar-refractivity contribution in [2.75, 3.05) is 6.54 Å². The van der Waals surface area contributed by atoms with Gasteiger partial charge in [0.25, 0.3) is 5.91 Å². The molecule has 4 nitrogen and oxygen atoms in total. The maximum atomic E-state index is 12.7. The van der Waals surface area contributed by atoms with Gasteiger partial charge in [-0.3, -0.25) is 9.59 Å². The van der Waals surface area contributed by atoms with Crippen LogP contribution in [-0.2, 0) is 6.42 Å². The summed E-state index contributed by atoms with van der Waals surface area (Å²) in [6, 6.07) is 1.80. The van der Waals surface area contributed by atoms with Crippen molar-refractivity contribution < 1.29 is 14.0 Å². The summed E-state index contributed by atoms with van der Waals surface area (Å²) in [5.74, 6) is 0.444. The smallest absolute Gasteiger partial charge is 0.287 e. The van der Waals surface area contributed by atoms with Gasteiger partial charge in [0.15, 0.2) is 11.5 Å². The number of hydrogen-bond donors (Lipinski definition) is 1. The molecule has 1 N–H and O–H groups in total. The van der Waals surface area contributed by atoms with Crippen LogP contribution in [-0.4, -0.2) is 18.2 Å². The van der Waals surface area contributed by atoms with Crippen molar-refractivity contribution in [2.45, 2.75) is 47.0 Å². The minimum atomic E-state index is -0.205. The van der Waals surface area contributed by atoms with Crippen LogP contribution < -0.4 is 5.32 Å². The van der Waals surface area contributed by atoms with Gasteiger partial charge in [0.05, 0.1) is 0 Å². The Kier molecular flexibility index (Phi) is 4.00. The predicted octanol–water partition coefficient (Wildman–Crippen LogP) is 3.95. The Balaban J connectivity index is 2.18. The number of benzene rings is 1. The Morgan fingerprint density at radius 2 is 2.04 bits per heavy atom. The third-order valence-corrected chi connectivity index (χ3v) is 4.90. The van der Waals surface area contributed by atoms with Crippen LogP contribution >= 0.6 is 0 Å². The van der Waals surface area contributed by atoms with E-state index in [4.69, 9.17) is 4.42 Å². The molecule has 4 heteroatoms. The summed E-state index contributed by atoms with van der Waals surface area (Å²) >= 11 is 0. The lowest BCUT2D eigenvalue weighted by Gasteiger charge is -2.08. The molecule has 0 bridgehead atoms. The molecular weight excluding hydrogens is 290 g/mol. The number of hydrogen-bond acceptors (Lipinski definition) is 3. The number of carbonyl (C=O) groups excluding carboxylic acids is 2. The van der Waals surface area contributed by atoms with Gasteiger partial charge in [0.1, 0.15) is 5.58 Å². The van der Waals surface area contributed by atoms with Gasteiger partial charge < -0.3 is 9.73 Å². The molecule has 0 fully saturated rings. The zero-order chi connectivity index (χ0) is 16.7. The molecule has 1 aromatic carbocycles. The largest absolute Gasteiger partial charge is 0.451 e. The molecule has 1 aromatic heterocycles. The molecule has 1 aliphatic rings. The molecule has 0 saturated heterocycles. The van der Waals surface area contributed by atoms with Gasteiger partial charge in [0, 0.05) is 23.4 Å². The number of nitrogens with one attached hydrogen (secondary N) is 1. The number of fused-ring (bicyclic) bond motifs is 3. The van der Waals surface area contributed by atoms with Crippen molar-refractivity contribution in [1.29, 1.82) is 0 Å². The second-order valence-corrected chi connectivity index (χ2v) is 6.37. The number of ketones is 1. The maximum Gasteiger partial charge on any atom is 0.287 e. The summed E-state index contributed by atoms with van der Waals surface area (Å²) in [5, 5.41) is 3.69. The first kappa shape index (κ1) is 15.8. The van der Waals surface area contributed by atoms with E-state index in [1.54, 1.807) is 6.07 Å². The fraction of sp³-hybridized carbons (Fsp3) is 0.474. The Hall–Kier alpha value is -2.10. The fourth-order valence-corrected chi connectivity index (χ4v) is 3.64. The molecule has 1 unspecified atom stereocenters. The van der Waals surface area contributed by atoms with Crippen LogP contribution in [0.3, 0.4) is 0 Å². The third kappa shape index (κ3) is 2.37. The van der Waals surface area contributed by atoms with E-state index in [-0.39, 0.29) is 17.6 Å². The molecule has 2 aromatic rings. The molecular formula is C19H23NO3. The maximum absolute atomic E-state index is 12.7. The lowest BCUT2D eigenvalue weighted by molar-refractivity contribution is 0.0922. The molecule has 3 rings (SSSR count). The van der Waals surface area contributed by atoms with Crippen molar-refractivity contribution in [3.05, 3.63) is 34.1 Å². The first-order valence-corrected chi connectivity index (χ1v) is 8.37. The second-order valence-electron chi connectivity index (χ2n) is 6.37. The van der Waals surface area contributed by atoms with Gasteiger partial charge >= 0.3 is 0 Å². The highest BCUT2D eigenvalue weighted by Gasteiger charge is 2.34. The van der Waals surface area contributed by atoms with Crippen molar-refractivity contribution in [2.24, 2.45) is 5.92 Å². The molecule has 1 heterocycles. The van der Waals surface area contributed by atoms with E-state index in [2.05, 4.69) is 12.2 Å². The summed E-state index contributed by atoms with van der Waals surface area (Å²) in [5.41, 5.74) is 4.61. The van der Waals surface area contributed by atoms with Gasteiger partial charge in [-0.1, -0.05) is 13.3 Å². The predicted molar refractivity (Wildman–Crippen MR) is 90.1 cm³/mol. The van der Waals surface area contributed by atoms with Crippen LogP contribution in [0.4, 0.5) is 0 Å². The summed E-state index contributed by atoms with van der Waals surface area (Å²) < 4.78 is 5.83. The zero-order valence-corrected chi connectivity index (χ0v) is 14.2. The summed E-state index contributed by atoms with van der Waals surface area (Å²) in [4.78, 5) is 24.8. The molecule has 122 valence electrons. The van der Waals surface area contributed by atoms with Crippen molar-refractivity contribution in [3.8, 4) is 0 Å². The van der Waals surface area contributed by atoms with Crippen molar-refractivity contribution >= 4 is 22.7 Å². The number of amides is 1. The standard InChI is InChI=1S/C19H23NO3/c1-5-7-12-8-13-14-9-15(19(22)20-6-2)23-18(14)11(4)10(3)16(13)17(12)21/h9,12H,5-8H2,1-4H3,(H,20,22). The van der Waals surface area contributed by atoms with E-state index in [1.807, 2.05) is 20.8 Å². The quantitative estimate of drug-likeness (QED) is 0.929. The van der Waals surface area contributed by atoms with Crippen molar-refractivity contribution in [1.82, 2.24) is 5.32 Å². The summed E-state index contributed by atoms with van der Waals surface area (Å²) in [7, 11) is 0. The summed E-state index contributed by atoms with van der Waals surface area (Å²) in [6.45, 7) is 8.48. The monoisotopic (exact) mass is 313 g/mol. The fourth-order valence-electron chi connectivity index (χ4n) is 3.64. The minimum Gasteiger partial charge on any atom is -0.451 e. The van der Waals surface area contributed by atoms with E-state index in [0.717, 1.165) is 52.5 Å². The van der Waals surface area contributed by atoms with Gasteiger partial charge in [-0.15, -0.1) is 0 Å². The molecule has 1 amide bonds. The number of rotatable bonds is 4. The van der Waals surface area contributed by atoms with Gasteiger partial charge in [-0.05, 0) is 56.4 Å². The number of aryl methyl sites for hydroxylation is 1. The molecule has 1 aliphatic carbocycles. The van der Waals surface area contributed by atoms with E-state index in [9.17, 15) is 9.59 Å². The first-order valence-electron chi connectivity index (χ1n) is 8.37. The normalized spacial score (nSPS) is 16.9. The third-order valence-electron chi connectivity index (χ3n) is 4.90. The number of furan rings is 1. The van der Waals surface area contributed by atoms with Crippen LogP contribution in [0, 0.1) is 19.8 Å². The highest BCUT2D eigenvalue weighted by molar-refractivity contribution is 6.09. The van der Waals surface area contributed by atoms with Gasteiger partial charge in [-0.2, -0.15) is 0 Å². The Labute approximate surface area is 136 Å². The van der Waals surface area contributed by atoms with E-state index < -0.39 is 0 Å². The molecule has 23 heavy (non-hydrogen) atoms. The number of Topliss-reactive ketones (excluding diaryl/α,β-unsaturated/α-hetero) is 1.